The van der Waals surface area contributed by atoms with Crippen molar-refractivity contribution in [3.8, 4) is 0 Å². The Morgan fingerprint density at radius 3 is 2.57 bits per heavy atom. The van der Waals surface area contributed by atoms with Gasteiger partial charge in [-0.25, -0.2) is 13.6 Å². The summed E-state index contributed by atoms with van der Waals surface area (Å²) in [5.41, 5.74) is 8.93. The second kappa shape index (κ2) is 5.38. The van der Waals surface area contributed by atoms with Crippen LogP contribution >= 0.6 is 0 Å². The summed E-state index contributed by atoms with van der Waals surface area (Å²) in [6.07, 6.45) is 2.59. The first-order chi connectivity index (χ1) is 9.72. The van der Waals surface area contributed by atoms with Gasteiger partial charge in [0.15, 0.2) is 0 Å². The molecule has 0 unspecified atom stereocenters. The predicted molar refractivity (Wildman–Crippen MR) is 82.8 cm³/mol. The summed E-state index contributed by atoms with van der Waals surface area (Å²) in [6, 6.07) is 3.04. The third-order valence-electron chi connectivity index (χ3n) is 3.20. The van der Waals surface area contributed by atoms with Gasteiger partial charge in [0.2, 0.25) is 10.0 Å². The molecule has 1 aromatic heterocycles. The molecule has 0 aliphatic heterocycles. The van der Waals surface area contributed by atoms with Crippen LogP contribution in [0.25, 0.3) is 0 Å². The first-order valence-corrected chi connectivity index (χ1v) is 7.99. The molecule has 0 bridgehead atoms. The Morgan fingerprint density at radius 1 is 1.33 bits per heavy atom. The fourth-order valence-corrected chi connectivity index (χ4v) is 3.02. The van der Waals surface area contributed by atoms with Crippen LogP contribution in [-0.2, 0) is 23.5 Å². The first-order valence-electron chi connectivity index (χ1n) is 6.44. The van der Waals surface area contributed by atoms with Crippen LogP contribution in [0.4, 0.5) is 17.1 Å². The molecule has 8 heteroatoms. The van der Waals surface area contributed by atoms with Crippen molar-refractivity contribution in [2.75, 3.05) is 11.1 Å². The third-order valence-corrected chi connectivity index (χ3v) is 4.24. The van der Waals surface area contributed by atoms with Crippen molar-refractivity contribution in [3.05, 3.63) is 29.6 Å². The Morgan fingerprint density at radius 2 is 2.00 bits per heavy atom. The van der Waals surface area contributed by atoms with Gasteiger partial charge < -0.3 is 11.1 Å². The fraction of sp³-hybridized carbons (Fsp3) is 0.308. The molecule has 1 heterocycles. The smallest absolute Gasteiger partial charge is 0.238 e. The van der Waals surface area contributed by atoms with Crippen molar-refractivity contribution in [1.82, 2.24) is 9.78 Å². The van der Waals surface area contributed by atoms with E-state index in [1.807, 2.05) is 20.2 Å². The lowest BCUT2D eigenvalue weighted by molar-refractivity contribution is 0.597. The third kappa shape index (κ3) is 3.17. The Bertz CT molecular complexity index is 780. The van der Waals surface area contributed by atoms with E-state index in [2.05, 4.69) is 10.4 Å². The lowest BCUT2D eigenvalue weighted by Crippen LogP contribution is -2.15. The Labute approximate surface area is 124 Å². The summed E-state index contributed by atoms with van der Waals surface area (Å²) >= 11 is 0. The van der Waals surface area contributed by atoms with Gasteiger partial charge in [-0.1, -0.05) is 6.92 Å². The number of benzene rings is 1. The first kappa shape index (κ1) is 15.3. The summed E-state index contributed by atoms with van der Waals surface area (Å²) in [5, 5.41) is 12.7. The summed E-state index contributed by atoms with van der Waals surface area (Å²) < 4.78 is 24.9. The monoisotopic (exact) mass is 309 g/mol. The van der Waals surface area contributed by atoms with Crippen molar-refractivity contribution in [1.29, 1.82) is 0 Å². The van der Waals surface area contributed by atoms with Gasteiger partial charge in [-0.3, -0.25) is 4.68 Å². The van der Waals surface area contributed by atoms with E-state index in [9.17, 15) is 8.42 Å². The van der Waals surface area contributed by atoms with E-state index in [-0.39, 0.29) is 4.90 Å². The second-order valence-corrected chi connectivity index (χ2v) is 6.41. The average Bonchev–Trinajstić information content (AvgIpc) is 2.72. The lowest BCUT2D eigenvalue weighted by atomic mass is 10.1. The van der Waals surface area contributed by atoms with E-state index in [0.29, 0.717) is 16.9 Å². The number of nitrogens with one attached hydrogen (secondary N) is 1. The van der Waals surface area contributed by atoms with Crippen LogP contribution in [-0.4, -0.2) is 18.2 Å². The quantitative estimate of drug-likeness (QED) is 0.735. The summed E-state index contributed by atoms with van der Waals surface area (Å²) in [4.78, 5) is 0.0203. The maximum Gasteiger partial charge on any atom is 0.238 e. The van der Waals surface area contributed by atoms with Gasteiger partial charge >= 0.3 is 0 Å². The van der Waals surface area contributed by atoms with E-state index in [1.165, 1.54) is 6.07 Å². The second-order valence-electron chi connectivity index (χ2n) is 4.88. The Balaban J connectivity index is 2.52. The molecule has 5 N–H and O–H groups in total. The highest BCUT2D eigenvalue weighted by Gasteiger charge is 2.16. The molecular weight excluding hydrogens is 290 g/mol. The number of rotatable bonds is 4. The molecule has 0 atom stereocenters. The largest absolute Gasteiger partial charge is 0.399 e. The van der Waals surface area contributed by atoms with E-state index in [0.717, 1.165) is 17.8 Å². The highest BCUT2D eigenvalue weighted by molar-refractivity contribution is 7.89. The van der Waals surface area contributed by atoms with Crippen molar-refractivity contribution >= 4 is 27.1 Å². The molecular formula is C13H19N5O2S. The lowest BCUT2D eigenvalue weighted by Gasteiger charge is -2.13. The number of nitrogen functional groups attached to an aromatic ring is 1. The number of sulfonamides is 1. The van der Waals surface area contributed by atoms with E-state index in [1.54, 1.807) is 17.7 Å². The van der Waals surface area contributed by atoms with Gasteiger partial charge in [0.05, 0.1) is 16.3 Å². The molecule has 0 fully saturated rings. The van der Waals surface area contributed by atoms with Crippen LogP contribution < -0.4 is 16.2 Å². The minimum Gasteiger partial charge on any atom is -0.399 e. The molecule has 2 rings (SSSR count). The molecule has 114 valence electrons. The Hall–Kier alpha value is -2.06. The van der Waals surface area contributed by atoms with Crippen LogP contribution in [0.15, 0.2) is 23.2 Å². The summed E-state index contributed by atoms with van der Waals surface area (Å²) in [5.74, 6) is 0. The molecule has 0 spiro atoms. The van der Waals surface area contributed by atoms with Gasteiger partial charge in [0, 0.05) is 24.6 Å². The van der Waals surface area contributed by atoms with Gasteiger partial charge in [0.1, 0.15) is 0 Å². The maximum atomic E-state index is 11.6. The predicted octanol–water partition coefficient (Wildman–Crippen LogP) is 1.26. The average molecular weight is 309 g/mol. The molecule has 2 aromatic rings. The Kier molecular flexibility index (Phi) is 3.93. The van der Waals surface area contributed by atoms with Crippen molar-refractivity contribution in [2.24, 2.45) is 12.2 Å². The van der Waals surface area contributed by atoms with E-state index >= 15 is 0 Å². The SMILES string of the molecule is CCc1nn(C)cc1Nc1cc(N)cc(S(N)(=O)=O)c1C. The molecule has 0 amide bonds. The molecule has 0 aliphatic carbocycles. The molecule has 0 aliphatic rings. The molecule has 7 nitrogen and oxygen atoms in total. The number of aromatic nitrogens is 2. The normalized spacial score (nSPS) is 11.6. The fourth-order valence-electron chi connectivity index (χ4n) is 2.18. The van der Waals surface area contributed by atoms with Crippen LogP contribution in [0.5, 0.6) is 0 Å². The highest BCUT2D eigenvalue weighted by atomic mass is 32.2. The minimum absolute atomic E-state index is 0.0203. The molecule has 0 saturated carbocycles. The highest BCUT2D eigenvalue weighted by Crippen LogP contribution is 2.29. The number of primary sulfonamides is 1. The van der Waals surface area contributed by atoms with Crippen LogP contribution in [0.3, 0.4) is 0 Å². The number of aryl methyl sites for hydroxylation is 2. The molecule has 0 radical (unpaired) electrons. The van der Waals surface area contributed by atoms with Gasteiger partial charge in [-0.15, -0.1) is 0 Å². The zero-order valence-corrected chi connectivity index (χ0v) is 13.0. The standard InChI is InChI=1S/C13H19N5O2S/c1-4-10-12(7-18(3)17-10)16-11-5-9(14)6-13(8(11)2)21(15,19)20/h5-7,16H,4,14H2,1-3H3,(H2,15,19,20). The number of nitrogens with zero attached hydrogens (tertiary/aromatic N) is 2. The molecule has 0 saturated heterocycles. The maximum absolute atomic E-state index is 11.6. The van der Waals surface area contributed by atoms with Crippen molar-refractivity contribution in [3.63, 3.8) is 0 Å². The molecule has 21 heavy (non-hydrogen) atoms. The van der Waals surface area contributed by atoms with Crippen molar-refractivity contribution < 1.29 is 8.42 Å². The topological polar surface area (TPSA) is 116 Å². The number of hydrogen-bond acceptors (Lipinski definition) is 5. The van der Waals surface area contributed by atoms with Gasteiger partial charge in [0.25, 0.3) is 0 Å². The van der Waals surface area contributed by atoms with Crippen LogP contribution in [0, 0.1) is 6.92 Å². The zero-order chi connectivity index (χ0) is 15.8. The number of nitrogens with two attached hydrogens (primary N) is 2. The zero-order valence-electron chi connectivity index (χ0n) is 12.2. The van der Waals surface area contributed by atoms with Crippen molar-refractivity contribution in [2.45, 2.75) is 25.2 Å². The van der Waals surface area contributed by atoms with E-state index < -0.39 is 10.0 Å². The number of anilines is 3. The molecule has 1 aromatic carbocycles. The summed E-state index contributed by atoms with van der Waals surface area (Å²) in [6.45, 7) is 3.68. The number of hydrogen-bond donors (Lipinski definition) is 3. The van der Waals surface area contributed by atoms with Crippen LogP contribution in [0.1, 0.15) is 18.2 Å². The van der Waals surface area contributed by atoms with Gasteiger partial charge in [-0.05, 0) is 31.0 Å². The van der Waals surface area contributed by atoms with E-state index in [4.69, 9.17) is 10.9 Å². The summed E-state index contributed by atoms with van der Waals surface area (Å²) in [7, 11) is -2.00. The minimum atomic E-state index is -3.82. The van der Waals surface area contributed by atoms with Crippen LogP contribution in [0.2, 0.25) is 0 Å². The van der Waals surface area contributed by atoms with Gasteiger partial charge in [-0.2, -0.15) is 5.10 Å².